The van der Waals surface area contributed by atoms with E-state index in [1.807, 2.05) is 0 Å². The molecule has 8 heteroatoms. The predicted octanol–water partition coefficient (Wildman–Crippen LogP) is 2.94. The van der Waals surface area contributed by atoms with Crippen LogP contribution in [-0.2, 0) is 0 Å². The molecule has 1 heterocycles. The quantitative estimate of drug-likeness (QED) is 0.943. The predicted molar refractivity (Wildman–Crippen MR) is 69.9 cm³/mol. The summed E-state index contributed by atoms with van der Waals surface area (Å²) in [6.45, 7) is 1.64. The Labute approximate surface area is 118 Å². The number of nitrogen functional groups attached to an aromatic ring is 1. The molecule has 112 valence electrons. The van der Waals surface area contributed by atoms with E-state index in [1.54, 1.807) is 6.92 Å². The minimum atomic E-state index is -4.72. The first-order chi connectivity index (χ1) is 9.80. The van der Waals surface area contributed by atoms with Crippen LogP contribution in [-0.4, -0.2) is 23.4 Å². The molecule has 0 amide bonds. The molecule has 0 bridgehead atoms. The molecule has 0 unspecified atom stereocenters. The maximum atomic E-state index is 12.2. The largest absolute Gasteiger partial charge is 0.573 e. The molecule has 0 spiro atoms. The summed E-state index contributed by atoms with van der Waals surface area (Å²) >= 11 is 0. The number of aryl methyl sites for hydroxylation is 1. The van der Waals surface area contributed by atoms with E-state index in [1.165, 1.54) is 31.5 Å². The molecule has 0 saturated heterocycles. The Morgan fingerprint density at radius 3 is 2.52 bits per heavy atom. The number of anilines is 1. The number of benzene rings is 1. The zero-order chi connectivity index (χ0) is 15.6. The van der Waals surface area contributed by atoms with Gasteiger partial charge in [-0.15, -0.1) is 13.2 Å². The zero-order valence-corrected chi connectivity index (χ0v) is 11.2. The molecule has 2 rings (SSSR count). The van der Waals surface area contributed by atoms with Crippen molar-refractivity contribution in [3.8, 4) is 22.9 Å². The lowest BCUT2D eigenvalue weighted by Gasteiger charge is -2.12. The molecule has 0 radical (unpaired) electrons. The normalized spacial score (nSPS) is 11.3. The van der Waals surface area contributed by atoms with Crippen LogP contribution in [0.1, 0.15) is 5.56 Å². The topological polar surface area (TPSA) is 70.3 Å². The van der Waals surface area contributed by atoms with Crippen LogP contribution in [0.5, 0.6) is 11.6 Å². The van der Waals surface area contributed by atoms with Crippen molar-refractivity contribution in [1.82, 2.24) is 9.97 Å². The first-order valence-corrected chi connectivity index (χ1v) is 5.83. The van der Waals surface area contributed by atoms with Gasteiger partial charge in [-0.1, -0.05) is 0 Å². The van der Waals surface area contributed by atoms with Crippen LogP contribution in [0.3, 0.4) is 0 Å². The monoisotopic (exact) mass is 299 g/mol. The Hall–Kier alpha value is -2.51. The molecular weight excluding hydrogens is 287 g/mol. The van der Waals surface area contributed by atoms with E-state index >= 15 is 0 Å². The highest BCUT2D eigenvalue weighted by Gasteiger charge is 2.31. The van der Waals surface area contributed by atoms with Gasteiger partial charge in [-0.3, -0.25) is 0 Å². The van der Waals surface area contributed by atoms with Gasteiger partial charge in [-0.2, -0.15) is 0 Å². The van der Waals surface area contributed by atoms with Crippen LogP contribution in [0.15, 0.2) is 24.4 Å². The summed E-state index contributed by atoms with van der Waals surface area (Å²) in [6, 6.07) is 3.95. The molecular formula is C13H12F3N3O2. The van der Waals surface area contributed by atoms with Gasteiger partial charge in [-0.05, 0) is 30.7 Å². The maximum Gasteiger partial charge on any atom is 0.573 e. The Bertz CT molecular complexity index is 660. The lowest BCUT2D eigenvalue weighted by molar-refractivity contribution is -0.274. The fraction of sp³-hybridized carbons (Fsp3) is 0.231. The van der Waals surface area contributed by atoms with Crippen molar-refractivity contribution in [1.29, 1.82) is 0 Å². The summed E-state index contributed by atoms with van der Waals surface area (Å²) in [4.78, 5) is 8.08. The fourth-order valence-corrected chi connectivity index (χ4v) is 1.78. The third-order valence-electron chi connectivity index (χ3n) is 2.67. The second kappa shape index (κ2) is 5.47. The van der Waals surface area contributed by atoms with Crippen molar-refractivity contribution < 1.29 is 22.6 Å². The molecule has 5 nitrogen and oxygen atoms in total. The number of methoxy groups -OCH3 is 1. The van der Waals surface area contributed by atoms with E-state index in [9.17, 15) is 13.2 Å². The van der Waals surface area contributed by atoms with Crippen molar-refractivity contribution in [2.75, 3.05) is 12.8 Å². The van der Waals surface area contributed by atoms with Gasteiger partial charge in [0.2, 0.25) is 0 Å². The van der Waals surface area contributed by atoms with Gasteiger partial charge in [-0.25, -0.2) is 9.97 Å². The van der Waals surface area contributed by atoms with Gasteiger partial charge < -0.3 is 15.2 Å². The zero-order valence-electron chi connectivity index (χ0n) is 11.2. The number of nitrogens with two attached hydrogens (primary N) is 1. The van der Waals surface area contributed by atoms with Gasteiger partial charge in [0, 0.05) is 5.56 Å². The van der Waals surface area contributed by atoms with Crippen LogP contribution in [0, 0.1) is 6.92 Å². The lowest BCUT2D eigenvalue weighted by Crippen LogP contribution is -2.17. The molecule has 0 atom stereocenters. The number of rotatable bonds is 3. The van der Waals surface area contributed by atoms with Gasteiger partial charge in [0.25, 0.3) is 5.88 Å². The first-order valence-electron chi connectivity index (χ1n) is 5.83. The Balaban J connectivity index is 2.37. The Morgan fingerprint density at radius 2 is 1.95 bits per heavy atom. The van der Waals surface area contributed by atoms with Gasteiger partial charge >= 0.3 is 6.36 Å². The molecule has 0 aliphatic carbocycles. The van der Waals surface area contributed by atoms with E-state index < -0.39 is 6.36 Å². The lowest BCUT2D eigenvalue weighted by atomic mass is 10.1. The molecule has 0 aliphatic heterocycles. The van der Waals surface area contributed by atoms with Crippen LogP contribution >= 0.6 is 0 Å². The molecule has 0 fully saturated rings. The van der Waals surface area contributed by atoms with Crippen molar-refractivity contribution in [3.63, 3.8) is 0 Å². The summed E-state index contributed by atoms with van der Waals surface area (Å²) in [5.74, 6) is -0.00225. The average Bonchev–Trinajstić information content (AvgIpc) is 2.38. The van der Waals surface area contributed by atoms with Crippen molar-refractivity contribution in [2.24, 2.45) is 0 Å². The second-order valence-electron chi connectivity index (χ2n) is 4.17. The van der Waals surface area contributed by atoms with Crippen LogP contribution < -0.4 is 15.2 Å². The minimum Gasteiger partial charge on any atom is -0.478 e. The SMILES string of the molecule is COc1nc(-c2ccc(OC(F)(F)F)cc2C)cnc1N. The molecule has 2 aromatic rings. The molecule has 2 N–H and O–H groups in total. The van der Waals surface area contributed by atoms with Gasteiger partial charge in [0.1, 0.15) is 5.75 Å². The summed E-state index contributed by atoms with van der Waals surface area (Å²) in [5.41, 5.74) is 7.17. The molecule has 0 aliphatic rings. The molecule has 0 saturated carbocycles. The number of aromatic nitrogens is 2. The van der Waals surface area contributed by atoms with Crippen LogP contribution in [0.2, 0.25) is 0 Å². The smallest absolute Gasteiger partial charge is 0.478 e. The highest BCUT2D eigenvalue weighted by atomic mass is 19.4. The molecule has 1 aromatic heterocycles. The maximum absolute atomic E-state index is 12.2. The van der Waals surface area contributed by atoms with Crippen LogP contribution in [0.25, 0.3) is 11.3 Å². The molecule has 21 heavy (non-hydrogen) atoms. The van der Waals surface area contributed by atoms with Crippen molar-refractivity contribution in [2.45, 2.75) is 13.3 Å². The number of ether oxygens (including phenoxy) is 2. The van der Waals surface area contributed by atoms with E-state index in [2.05, 4.69) is 14.7 Å². The van der Waals surface area contributed by atoms with E-state index in [-0.39, 0.29) is 17.4 Å². The number of hydrogen-bond acceptors (Lipinski definition) is 5. The summed E-state index contributed by atoms with van der Waals surface area (Å²) in [5, 5.41) is 0. The first kappa shape index (κ1) is 14.9. The Kier molecular flexibility index (Phi) is 3.88. The number of hydrogen-bond donors (Lipinski definition) is 1. The highest BCUT2D eigenvalue weighted by Crippen LogP contribution is 2.30. The standard InChI is InChI=1S/C13H12F3N3O2/c1-7-5-8(21-13(14,15)16)3-4-9(7)10-6-18-11(17)12(19-10)20-2/h3-6H,1-2H3,(H2,17,18). The highest BCUT2D eigenvalue weighted by molar-refractivity contribution is 5.65. The third kappa shape index (κ3) is 3.53. The minimum absolute atomic E-state index is 0.135. The Morgan fingerprint density at radius 1 is 1.24 bits per heavy atom. The van der Waals surface area contributed by atoms with E-state index in [0.29, 0.717) is 16.8 Å². The third-order valence-corrected chi connectivity index (χ3v) is 2.67. The van der Waals surface area contributed by atoms with Crippen molar-refractivity contribution in [3.05, 3.63) is 30.0 Å². The summed E-state index contributed by atoms with van der Waals surface area (Å²) in [6.07, 6.45) is -3.30. The van der Waals surface area contributed by atoms with Crippen LogP contribution in [0.4, 0.5) is 19.0 Å². The van der Waals surface area contributed by atoms with Gasteiger partial charge in [0.05, 0.1) is 19.0 Å². The second-order valence-corrected chi connectivity index (χ2v) is 4.17. The summed E-state index contributed by atoms with van der Waals surface area (Å²) in [7, 11) is 1.40. The average molecular weight is 299 g/mol. The van der Waals surface area contributed by atoms with Gasteiger partial charge in [0.15, 0.2) is 5.82 Å². The van der Waals surface area contributed by atoms with E-state index in [0.717, 1.165) is 0 Å². The number of alkyl halides is 3. The molecule has 1 aromatic carbocycles. The van der Waals surface area contributed by atoms with E-state index in [4.69, 9.17) is 10.5 Å². The van der Waals surface area contributed by atoms with Crippen molar-refractivity contribution >= 4 is 5.82 Å². The number of halogens is 3. The summed E-state index contributed by atoms with van der Waals surface area (Å²) < 4.78 is 45.3. The fourth-order valence-electron chi connectivity index (χ4n) is 1.78. The number of nitrogens with zero attached hydrogens (tertiary/aromatic N) is 2.